The second-order valence-corrected chi connectivity index (χ2v) is 6.19. The molecular formula is C15H31N3. The van der Waals surface area contributed by atoms with Gasteiger partial charge in [-0.15, -0.1) is 0 Å². The highest BCUT2D eigenvalue weighted by atomic mass is 15.3. The first-order valence-electron chi connectivity index (χ1n) is 7.90. The number of piperazine rings is 1. The van der Waals surface area contributed by atoms with Crippen LogP contribution in [0, 0.1) is 0 Å². The third-order valence-corrected chi connectivity index (χ3v) is 4.75. The van der Waals surface area contributed by atoms with Gasteiger partial charge in [-0.2, -0.15) is 0 Å². The molecule has 1 heterocycles. The van der Waals surface area contributed by atoms with E-state index in [-0.39, 0.29) is 0 Å². The fourth-order valence-electron chi connectivity index (χ4n) is 3.66. The highest BCUT2D eigenvalue weighted by molar-refractivity contribution is 4.87. The van der Waals surface area contributed by atoms with Gasteiger partial charge in [0.15, 0.2) is 0 Å². The molecule has 3 nitrogen and oxygen atoms in total. The second-order valence-electron chi connectivity index (χ2n) is 6.19. The van der Waals surface area contributed by atoms with Crippen molar-refractivity contribution in [2.24, 2.45) is 0 Å². The van der Waals surface area contributed by atoms with Crippen molar-refractivity contribution in [3.63, 3.8) is 0 Å². The molecule has 1 saturated carbocycles. The van der Waals surface area contributed by atoms with E-state index in [1.807, 2.05) is 0 Å². The van der Waals surface area contributed by atoms with Gasteiger partial charge in [-0.05, 0) is 39.9 Å². The Morgan fingerprint density at radius 1 is 1.06 bits per heavy atom. The third kappa shape index (κ3) is 3.94. The van der Waals surface area contributed by atoms with Crippen LogP contribution in [-0.2, 0) is 0 Å². The minimum atomic E-state index is 0.777. The second kappa shape index (κ2) is 7.46. The summed E-state index contributed by atoms with van der Waals surface area (Å²) < 4.78 is 0. The summed E-state index contributed by atoms with van der Waals surface area (Å²) in [5, 5.41) is 3.32. The van der Waals surface area contributed by atoms with E-state index in [2.05, 4.69) is 29.2 Å². The monoisotopic (exact) mass is 253 g/mol. The van der Waals surface area contributed by atoms with Gasteiger partial charge in [0.05, 0.1) is 0 Å². The van der Waals surface area contributed by atoms with E-state index < -0.39 is 0 Å². The van der Waals surface area contributed by atoms with Crippen molar-refractivity contribution in [2.45, 2.75) is 57.0 Å². The van der Waals surface area contributed by atoms with Crippen LogP contribution < -0.4 is 5.32 Å². The van der Waals surface area contributed by atoms with Gasteiger partial charge in [0, 0.05) is 31.7 Å². The molecule has 1 N–H and O–H groups in total. The first kappa shape index (κ1) is 14.3. The van der Waals surface area contributed by atoms with E-state index in [1.54, 1.807) is 0 Å². The SMILES string of the molecule is CNCCC1CN(C)CCN1C1CCCCCC1. The van der Waals surface area contributed by atoms with E-state index >= 15 is 0 Å². The van der Waals surface area contributed by atoms with Crippen molar-refractivity contribution in [2.75, 3.05) is 40.3 Å². The number of hydrogen-bond donors (Lipinski definition) is 1. The zero-order valence-corrected chi connectivity index (χ0v) is 12.3. The summed E-state index contributed by atoms with van der Waals surface area (Å²) in [4.78, 5) is 5.36. The first-order valence-corrected chi connectivity index (χ1v) is 7.90. The van der Waals surface area contributed by atoms with Crippen LogP contribution >= 0.6 is 0 Å². The Balaban J connectivity index is 1.93. The smallest absolute Gasteiger partial charge is 0.0238 e. The molecule has 3 heteroatoms. The summed E-state index contributed by atoms with van der Waals surface area (Å²) in [6.45, 7) is 4.96. The van der Waals surface area contributed by atoms with Crippen LogP contribution in [0.2, 0.25) is 0 Å². The average Bonchev–Trinajstić information content (AvgIpc) is 2.65. The van der Waals surface area contributed by atoms with Crippen molar-refractivity contribution in [1.29, 1.82) is 0 Å². The Morgan fingerprint density at radius 2 is 1.78 bits per heavy atom. The highest BCUT2D eigenvalue weighted by Crippen LogP contribution is 2.26. The Labute approximate surface area is 113 Å². The zero-order valence-electron chi connectivity index (χ0n) is 12.3. The summed E-state index contributed by atoms with van der Waals surface area (Å²) in [5.74, 6) is 0. The van der Waals surface area contributed by atoms with Gasteiger partial charge in [-0.1, -0.05) is 25.7 Å². The molecule has 1 aliphatic heterocycles. The van der Waals surface area contributed by atoms with E-state index in [9.17, 15) is 0 Å². The predicted molar refractivity (Wildman–Crippen MR) is 78.0 cm³/mol. The summed E-state index contributed by atoms with van der Waals surface area (Å²) in [6, 6.07) is 1.65. The third-order valence-electron chi connectivity index (χ3n) is 4.75. The van der Waals surface area contributed by atoms with Gasteiger partial charge in [0.2, 0.25) is 0 Å². The van der Waals surface area contributed by atoms with Crippen molar-refractivity contribution in [3.05, 3.63) is 0 Å². The lowest BCUT2D eigenvalue weighted by atomic mass is 10.0. The maximum absolute atomic E-state index is 3.32. The van der Waals surface area contributed by atoms with Crippen molar-refractivity contribution < 1.29 is 0 Å². The maximum atomic E-state index is 3.32. The molecule has 2 rings (SSSR count). The van der Waals surface area contributed by atoms with Crippen molar-refractivity contribution >= 4 is 0 Å². The molecule has 1 saturated heterocycles. The van der Waals surface area contributed by atoms with Crippen LogP contribution in [0.1, 0.15) is 44.9 Å². The molecule has 0 radical (unpaired) electrons. The predicted octanol–water partition coefficient (Wildman–Crippen LogP) is 1.93. The number of hydrogen-bond acceptors (Lipinski definition) is 3. The Hall–Kier alpha value is -0.120. The minimum Gasteiger partial charge on any atom is -0.320 e. The molecule has 18 heavy (non-hydrogen) atoms. The van der Waals surface area contributed by atoms with Crippen molar-refractivity contribution in [1.82, 2.24) is 15.1 Å². The first-order chi connectivity index (χ1) is 8.81. The lowest BCUT2D eigenvalue weighted by Gasteiger charge is -2.44. The van der Waals surface area contributed by atoms with E-state index in [1.165, 1.54) is 64.6 Å². The molecule has 2 fully saturated rings. The van der Waals surface area contributed by atoms with Crippen LogP contribution in [0.3, 0.4) is 0 Å². The molecule has 0 bridgehead atoms. The van der Waals surface area contributed by atoms with Crippen molar-refractivity contribution in [3.8, 4) is 0 Å². The van der Waals surface area contributed by atoms with Gasteiger partial charge < -0.3 is 10.2 Å². The average molecular weight is 253 g/mol. The highest BCUT2D eigenvalue weighted by Gasteiger charge is 2.30. The summed E-state index contributed by atoms with van der Waals surface area (Å²) in [5.41, 5.74) is 0. The molecule has 106 valence electrons. The van der Waals surface area contributed by atoms with Crippen LogP contribution in [0.5, 0.6) is 0 Å². The Bertz CT molecular complexity index is 224. The summed E-state index contributed by atoms with van der Waals surface area (Å²) >= 11 is 0. The zero-order chi connectivity index (χ0) is 12.8. The fraction of sp³-hybridized carbons (Fsp3) is 1.00. The molecule has 0 aromatic rings. The summed E-state index contributed by atoms with van der Waals surface area (Å²) in [7, 11) is 4.35. The molecular weight excluding hydrogens is 222 g/mol. The topological polar surface area (TPSA) is 18.5 Å². The maximum Gasteiger partial charge on any atom is 0.0238 e. The number of nitrogens with zero attached hydrogens (tertiary/aromatic N) is 2. The molecule has 0 amide bonds. The van der Waals surface area contributed by atoms with Gasteiger partial charge in [0.25, 0.3) is 0 Å². The minimum absolute atomic E-state index is 0.777. The van der Waals surface area contributed by atoms with Crippen LogP contribution in [-0.4, -0.2) is 62.2 Å². The molecule has 0 aromatic carbocycles. The Kier molecular flexibility index (Phi) is 5.93. The van der Waals surface area contributed by atoms with Crippen LogP contribution in [0.25, 0.3) is 0 Å². The van der Waals surface area contributed by atoms with E-state index in [0.29, 0.717) is 0 Å². The number of likely N-dealkylation sites (N-methyl/N-ethyl adjacent to an activating group) is 1. The number of rotatable bonds is 4. The Morgan fingerprint density at radius 3 is 2.44 bits per heavy atom. The molecule has 0 aromatic heterocycles. The molecule has 1 atom stereocenters. The standard InChI is InChI=1S/C15H31N3/c1-16-10-9-15-13-17(2)11-12-18(15)14-7-5-3-4-6-8-14/h14-16H,3-13H2,1-2H3. The van der Waals surface area contributed by atoms with Crippen LogP contribution in [0.15, 0.2) is 0 Å². The fourth-order valence-corrected chi connectivity index (χ4v) is 3.66. The molecule has 0 spiro atoms. The molecule has 1 unspecified atom stereocenters. The number of nitrogens with one attached hydrogen (secondary N) is 1. The lowest BCUT2D eigenvalue weighted by Crippen LogP contribution is -2.56. The largest absolute Gasteiger partial charge is 0.320 e. The lowest BCUT2D eigenvalue weighted by molar-refractivity contribution is 0.0420. The van der Waals surface area contributed by atoms with Gasteiger partial charge in [0.1, 0.15) is 0 Å². The van der Waals surface area contributed by atoms with Gasteiger partial charge in [-0.25, -0.2) is 0 Å². The molecule has 2 aliphatic rings. The quantitative estimate of drug-likeness (QED) is 0.773. The van der Waals surface area contributed by atoms with E-state index in [4.69, 9.17) is 0 Å². The van der Waals surface area contributed by atoms with Gasteiger partial charge in [-0.3, -0.25) is 4.90 Å². The van der Waals surface area contributed by atoms with E-state index in [0.717, 1.165) is 18.6 Å². The normalized spacial score (nSPS) is 29.3. The summed E-state index contributed by atoms with van der Waals surface area (Å²) in [6.07, 6.45) is 10.0. The van der Waals surface area contributed by atoms with Gasteiger partial charge >= 0.3 is 0 Å². The molecule has 1 aliphatic carbocycles. The van der Waals surface area contributed by atoms with Crippen LogP contribution in [0.4, 0.5) is 0 Å².